The first kappa shape index (κ1) is 13.6. The molecule has 18 heavy (non-hydrogen) atoms. The number of allylic oxidation sites excluding steroid dienone is 2. The van der Waals surface area contributed by atoms with Gasteiger partial charge in [-0.3, -0.25) is 9.59 Å². The van der Waals surface area contributed by atoms with E-state index in [4.69, 9.17) is 69.6 Å². The van der Waals surface area contributed by atoms with Crippen molar-refractivity contribution in [2.24, 2.45) is 11.8 Å². The summed E-state index contributed by atoms with van der Waals surface area (Å²) in [5.41, 5.74) is 0. The van der Waals surface area contributed by atoms with Crippen LogP contribution in [0.15, 0.2) is 10.1 Å². The minimum Gasteiger partial charge on any atom is -0.393 e. The summed E-state index contributed by atoms with van der Waals surface area (Å²) in [5, 5.41) is -0.252. The van der Waals surface area contributed by atoms with Crippen molar-refractivity contribution in [2.45, 2.75) is 14.1 Å². The van der Waals surface area contributed by atoms with Gasteiger partial charge in [-0.2, -0.15) is 0 Å². The maximum absolute atomic E-state index is 11.7. The fourth-order valence-electron chi connectivity index (χ4n) is 2.81. The highest BCUT2D eigenvalue weighted by Crippen LogP contribution is 2.77. The molecule has 3 nitrogen and oxygen atoms in total. The second-order valence-electron chi connectivity index (χ2n) is 4.32. The summed E-state index contributed by atoms with van der Waals surface area (Å²) in [7, 11) is 0. The van der Waals surface area contributed by atoms with E-state index in [1.54, 1.807) is 0 Å². The van der Waals surface area contributed by atoms with Crippen molar-refractivity contribution < 1.29 is 14.3 Å². The first-order valence-corrected chi connectivity index (χ1v) is 6.96. The average molecular weight is 371 g/mol. The van der Waals surface area contributed by atoms with Gasteiger partial charge in [-0.1, -0.05) is 46.4 Å². The summed E-state index contributed by atoms with van der Waals surface area (Å²) in [4.78, 5) is 19.9. The van der Waals surface area contributed by atoms with Crippen molar-refractivity contribution in [1.82, 2.24) is 0 Å². The van der Waals surface area contributed by atoms with Crippen LogP contribution in [0.2, 0.25) is 0 Å². The smallest absolute Gasteiger partial charge is 0.319 e. The SMILES string of the molecule is O=C1OC(=O)C2C1C1(Cl)C(Cl)=C(Cl)[C@]2(Cl)C1(Cl)Cl. The largest absolute Gasteiger partial charge is 0.393 e. The van der Waals surface area contributed by atoms with Crippen LogP contribution in [0.25, 0.3) is 0 Å². The molecule has 3 unspecified atom stereocenters. The molecule has 0 radical (unpaired) electrons. The standard InChI is InChI=1S/C9H2Cl6O3/c10-3-4(11)8(13)2-1(5(16)18-6(2)17)7(3,12)9(8,14)15/h1-2H/t1?,2?,7-,8?/m0/s1. The zero-order valence-electron chi connectivity index (χ0n) is 8.15. The van der Waals surface area contributed by atoms with Crippen molar-refractivity contribution in [3.63, 3.8) is 0 Å². The topological polar surface area (TPSA) is 43.4 Å². The van der Waals surface area contributed by atoms with E-state index in [0.717, 1.165) is 0 Å². The number of esters is 2. The van der Waals surface area contributed by atoms with Gasteiger partial charge in [-0.15, -0.1) is 23.2 Å². The van der Waals surface area contributed by atoms with Gasteiger partial charge in [0.05, 0.1) is 10.1 Å². The van der Waals surface area contributed by atoms with E-state index in [1.165, 1.54) is 0 Å². The summed E-state index contributed by atoms with van der Waals surface area (Å²) < 4.78 is 2.63. The molecule has 2 fully saturated rings. The highest BCUT2D eigenvalue weighted by Gasteiger charge is 2.87. The summed E-state index contributed by atoms with van der Waals surface area (Å²) in [5.74, 6) is -3.99. The molecule has 2 bridgehead atoms. The first-order chi connectivity index (χ1) is 8.11. The molecule has 3 rings (SSSR count). The van der Waals surface area contributed by atoms with Crippen LogP contribution in [0.5, 0.6) is 0 Å². The van der Waals surface area contributed by atoms with Gasteiger partial charge < -0.3 is 4.74 Å². The van der Waals surface area contributed by atoms with E-state index >= 15 is 0 Å². The van der Waals surface area contributed by atoms with Gasteiger partial charge in [0.2, 0.25) is 0 Å². The average Bonchev–Trinajstić information content (AvgIpc) is 2.68. The van der Waals surface area contributed by atoms with Gasteiger partial charge in [-0.25, -0.2) is 0 Å². The third-order valence-corrected chi connectivity index (χ3v) is 7.90. The van der Waals surface area contributed by atoms with E-state index in [0.29, 0.717) is 0 Å². The van der Waals surface area contributed by atoms with Gasteiger partial charge in [0.25, 0.3) is 0 Å². The second-order valence-corrected chi connectivity index (χ2v) is 7.60. The van der Waals surface area contributed by atoms with E-state index in [1.807, 2.05) is 0 Å². The van der Waals surface area contributed by atoms with Crippen molar-refractivity contribution >= 4 is 81.5 Å². The zero-order valence-corrected chi connectivity index (χ0v) is 12.7. The molecule has 3 aliphatic rings. The predicted octanol–water partition coefficient (Wildman–Crippen LogP) is 3.15. The molecule has 0 N–H and O–H groups in total. The number of hydrogen-bond donors (Lipinski definition) is 0. The van der Waals surface area contributed by atoms with Crippen LogP contribution in [0.1, 0.15) is 0 Å². The highest BCUT2D eigenvalue weighted by atomic mass is 35.5. The number of fused-ring (bicyclic) bond motifs is 5. The Morgan fingerprint density at radius 3 is 1.50 bits per heavy atom. The maximum Gasteiger partial charge on any atom is 0.319 e. The molecule has 0 aromatic rings. The van der Waals surface area contributed by atoms with Gasteiger partial charge in [0, 0.05) is 0 Å². The van der Waals surface area contributed by atoms with Crippen LogP contribution in [0.4, 0.5) is 0 Å². The Kier molecular flexibility index (Phi) is 2.60. The van der Waals surface area contributed by atoms with Crippen LogP contribution in [0, 0.1) is 11.8 Å². The first-order valence-electron chi connectivity index (χ1n) is 4.69. The molecule has 0 aromatic carbocycles. The third kappa shape index (κ3) is 1.03. The second kappa shape index (κ2) is 3.44. The van der Waals surface area contributed by atoms with Crippen molar-refractivity contribution in [1.29, 1.82) is 0 Å². The Morgan fingerprint density at radius 1 is 0.833 bits per heavy atom. The molecular weight excluding hydrogens is 369 g/mol. The molecule has 0 amide bonds. The van der Waals surface area contributed by atoms with E-state index in [-0.39, 0.29) is 10.1 Å². The number of halogens is 6. The van der Waals surface area contributed by atoms with Crippen LogP contribution in [-0.4, -0.2) is 26.0 Å². The number of alkyl halides is 4. The molecule has 1 saturated heterocycles. The number of cyclic esters (lactones) is 2. The number of rotatable bonds is 0. The van der Waals surface area contributed by atoms with Crippen LogP contribution in [-0.2, 0) is 14.3 Å². The Balaban J connectivity index is 2.37. The molecule has 0 spiro atoms. The Labute approximate surface area is 131 Å². The Hall–Kier alpha value is 0.620. The van der Waals surface area contributed by atoms with Crippen molar-refractivity contribution in [3.8, 4) is 0 Å². The number of hydrogen-bond acceptors (Lipinski definition) is 3. The van der Waals surface area contributed by atoms with Crippen LogP contribution in [0.3, 0.4) is 0 Å². The lowest BCUT2D eigenvalue weighted by atomic mass is 9.84. The lowest BCUT2D eigenvalue weighted by Crippen LogP contribution is -2.47. The molecule has 0 aromatic heterocycles. The number of carbonyl (C=O) groups excluding carboxylic acids is 2. The van der Waals surface area contributed by atoms with Crippen LogP contribution < -0.4 is 0 Å². The molecule has 1 saturated carbocycles. The van der Waals surface area contributed by atoms with E-state index < -0.39 is 37.9 Å². The molecule has 2 aliphatic carbocycles. The highest BCUT2D eigenvalue weighted by molar-refractivity contribution is 6.66. The Morgan fingerprint density at radius 2 is 1.17 bits per heavy atom. The molecule has 98 valence electrons. The lowest BCUT2D eigenvalue weighted by Gasteiger charge is -2.32. The van der Waals surface area contributed by atoms with Gasteiger partial charge in [0.15, 0.2) is 4.33 Å². The molecular formula is C9H2Cl6O3. The van der Waals surface area contributed by atoms with E-state index in [9.17, 15) is 9.59 Å². The minimum absolute atomic E-state index is 0.126. The summed E-state index contributed by atoms with van der Waals surface area (Å²) in [6.45, 7) is 0. The van der Waals surface area contributed by atoms with E-state index in [2.05, 4.69) is 4.74 Å². The van der Waals surface area contributed by atoms with Crippen LogP contribution >= 0.6 is 69.6 Å². The maximum atomic E-state index is 11.7. The molecule has 9 heteroatoms. The fourth-order valence-corrected chi connectivity index (χ4v) is 5.73. The lowest BCUT2D eigenvalue weighted by molar-refractivity contribution is -0.154. The van der Waals surface area contributed by atoms with Crippen molar-refractivity contribution in [2.75, 3.05) is 0 Å². The number of carbonyl (C=O) groups is 2. The summed E-state index contributed by atoms with van der Waals surface area (Å²) in [6, 6.07) is 0. The fraction of sp³-hybridized carbons (Fsp3) is 0.556. The molecule has 1 aliphatic heterocycles. The molecule has 4 atom stereocenters. The third-order valence-electron chi connectivity index (χ3n) is 3.64. The molecule has 1 heterocycles. The number of ether oxygens (including phenoxy) is 1. The zero-order chi connectivity index (χ0) is 13.7. The van der Waals surface area contributed by atoms with Gasteiger partial charge in [-0.05, 0) is 0 Å². The van der Waals surface area contributed by atoms with Gasteiger partial charge in [0.1, 0.15) is 21.6 Å². The summed E-state index contributed by atoms with van der Waals surface area (Å²) >= 11 is 36.9. The summed E-state index contributed by atoms with van der Waals surface area (Å²) in [6.07, 6.45) is 0. The Bertz CT molecular complexity index is 498. The van der Waals surface area contributed by atoms with Gasteiger partial charge >= 0.3 is 11.9 Å². The van der Waals surface area contributed by atoms with Crippen molar-refractivity contribution in [3.05, 3.63) is 10.1 Å². The quantitative estimate of drug-likeness (QED) is 0.374. The minimum atomic E-state index is -1.89. The predicted molar refractivity (Wildman–Crippen MR) is 68.4 cm³/mol. The normalized spacial score (nSPS) is 48.8. The monoisotopic (exact) mass is 368 g/mol.